The minimum Gasteiger partial charge on any atom is -0.362 e. The van der Waals surface area contributed by atoms with Crippen LogP contribution in [-0.2, 0) is 14.3 Å². The summed E-state index contributed by atoms with van der Waals surface area (Å²) < 4.78 is 4.97. The number of hydrogen-bond acceptors (Lipinski definition) is 3. The zero-order valence-electron chi connectivity index (χ0n) is 10.3. The van der Waals surface area contributed by atoms with Gasteiger partial charge < -0.3 is 15.4 Å². The summed E-state index contributed by atoms with van der Waals surface area (Å²) in [6.45, 7) is 3.48. The van der Waals surface area contributed by atoms with Gasteiger partial charge in [-0.15, -0.1) is 6.58 Å². The Morgan fingerprint density at radius 3 is 2.47 bits per heavy atom. The second-order valence-electron chi connectivity index (χ2n) is 3.64. The first-order chi connectivity index (χ1) is 9.11. The lowest BCUT2D eigenvalue weighted by molar-refractivity contribution is -0.128. The summed E-state index contributed by atoms with van der Waals surface area (Å²) in [6, 6.07) is 6.69. The van der Waals surface area contributed by atoms with Crippen molar-refractivity contribution in [1.29, 1.82) is 0 Å². The number of benzene rings is 1. The Hall–Kier alpha value is -1.85. The van der Waals surface area contributed by atoms with Crippen LogP contribution in [0.2, 0.25) is 5.02 Å². The molecule has 0 saturated heterocycles. The van der Waals surface area contributed by atoms with E-state index >= 15 is 0 Å². The minimum atomic E-state index is -0.334. The molecule has 0 heterocycles. The molecule has 0 atom stereocenters. The van der Waals surface area contributed by atoms with E-state index in [0.29, 0.717) is 17.3 Å². The number of carbonyl (C=O) groups excluding carboxylic acids is 2. The smallest absolute Gasteiger partial charge is 0.250 e. The quantitative estimate of drug-likeness (QED) is 0.747. The van der Waals surface area contributed by atoms with Crippen LogP contribution in [0.15, 0.2) is 36.9 Å². The van der Waals surface area contributed by atoms with E-state index in [0.717, 1.165) is 0 Å². The summed E-state index contributed by atoms with van der Waals surface area (Å²) >= 11 is 5.72. The van der Waals surface area contributed by atoms with Crippen molar-refractivity contribution < 1.29 is 14.3 Å². The molecule has 1 rings (SSSR count). The number of amides is 2. The number of rotatable bonds is 7. The van der Waals surface area contributed by atoms with Gasteiger partial charge in [-0.3, -0.25) is 9.59 Å². The second-order valence-corrected chi connectivity index (χ2v) is 4.08. The number of nitrogens with one attached hydrogen (secondary N) is 2. The fourth-order valence-corrected chi connectivity index (χ4v) is 1.33. The summed E-state index contributed by atoms with van der Waals surface area (Å²) in [4.78, 5) is 22.6. The van der Waals surface area contributed by atoms with Crippen molar-refractivity contribution in [2.24, 2.45) is 0 Å². The Kier molecular flexibility index (Phi) is 6.63. The third kappa shape index (κ3) is 6.59. The molecule has 6 heteroatoms. The van der Waals surface area contributed by atoms with E-state index in [1.807, 2.05) is 0 Å². The fourth-order valence-electron chi connectivity index (χ4n) is 1.20. The third-order valence-corrected chi connectivity index (χ3v) is 2.29. The van der Waals surface area contributed by atoms with Gasteiger partial charge in [0.25, 0.3) is 0 Å². The van der Waals surface area contributed by atoms with Crippen molar-refractivity contribution in [3.63, 3.8) is 0 Å². The maximum Gasteiger partial charge on any atom is 0.250 e. The van der Waals surface area contributed by atoms with E-state index in [-0.39, 0.29) is 25.0 Å². The van der Waals surface area contributed by atoms with Crippen molar-refractivity contribution >= 4 is 29.1 Å². The van der Waals surface area contributed by atoms with Gasteiger partial charge in [-0.25, -0.2) is 0 Å². The first-order valence-electron chi connectivity index (χ1n) is 5.62. The summed E-state index contributed by atoms with van der Waals surface area (Å²) in [6.07, 6.45) is 1.56. The lowest BCUT2D eigenvalue weighted by Gasteiger charge is -2.06. The highest BCUT2D eigenvalue weighted by atomic mass is 35.5. The molecule has 102 valence electrons. The Labute approximate surface area is 116 Å². The average Bonchev–Trinajstić information content (AvgIpc) is 2.39. The summed E-state index contributed by atoms with van der Waals surface area (Å²) in [7, 11) is 0. The second kappa shape index (κ2) is 8.29. The Morgan fingerprint density at radius 2 is 1.84 bits per heavy atom. The van der Waals surface area contributed by atoms with Crippen LogP contribution in [-0.4, -0.2) is 31.6 Å². The van der Waals surface area contributed by atoms with Crippen LogP contribution in [0, 0.1) is 0 Å². The SMILES string of the molecule is C=CCNC(=O)COCC(=O)Nc1ccc(Cl)cc1. The van der Waals surface area contributed by atoms with Gasteiger partial charge in [-0.1, -0.05) is 17.7 Å². The Bertz CT molecular complexity index is 446. The van der Waals surface area contributed by atoms with Crippen molar-refractivity contribution in [3.8, 4) is 0 Å². The van der Waals surface area contributed by atoms with E-state index < -0.39 is 0 Å². The predicted octanol–water partition coefficient (Wildman–Crippen LogP) is 1.60. The molecule has 0 saturated carbocycles. The van der Waals surface area contributed by atoms with Gasteiger partial charge in [-0.05, 0) is 24.3 Å². The van der Waals surface area contributed by atoms with E-state index in [1.165, 1.54) is 0 Å². The molecule has 1 aromatic rings. The molecule has 0 aliphatic carbocycles. The normalized spacial score (nSPS) is 9.74. The van der Waals surface area contributed by atoms with Gasteiger partial charge in [0.05, 0.1) is 0 Å². The number of carbonyl (C=O) groups is 2. The summed E-state index contributed by atoms with van der Waals surface area (Å²) in [5.74, 6) is -0.627. The molecule has 5 nitrogen and oxygen atoms in total. The summed E-state index contributed by atoms with van der Waals surface area (Å²) in [5, 5.41) is 5.74. The van der Waals surface area contributed by atoms with E-state index in [4.69, 9.17) is 16.3 Å². The average molecular weight is 283 g/mol. The van der Waals surface area contributed by atoms with Gasteiger partial charge in [0, 0.05) is 17.3 Å². The molecule has 2 amide bonds. The zero-order chi connectivity index (χ0) is 14.1. The molecule has 2 N–H and O–H groups in total. The maximum absolute atomic E-state index is 11.5. The highest BCUT2D eigenvalue weighted by molar-refractivity contribution is 6.30. The summed E-state index contributed by atoms with van der Waals surface area (Å²) in [5.41, 5.74) is 0.620. The van der Waals surface area contributed by atoms with Gasteiger partial charge >= 0.3 is 0 Å². The van der Waals surface area contributed by atoms with Crippen LogP contribution in [0.1, 0.15) is 0 Å². The zero-order valence-corrected chi connectivity index (χ0v) is 11.1. The molecule has 0 spiro atoms. The van der Waals surface area contributed by atoms with Crippen molar-refractivity contribution in [2.45, 2.75) is 0 Å². The lowest BCUT2D eigenvalue weighted by atomic mass is 10.3. The van der Waals surface area contributed by atoms with Crippen molar-refractivity contribution in [1.82, 2.24) is 5.32 Å². The standard InChI is InChI=1S/C13H15ClN2O3/c1-2-7-15-12(17)8-19-9-13(18)16-11-5-3-10(14)4-6-11/h2-6H,1,7-9H2,(H,15,17)(H,16,18). The number of anilines is 1. The molecule has 19 heavy (non-hydrogen) atoms. The predicted molar refractivity (Wildman–Crippen MR) is 74.1 cm³/mol. The topological polar surface area (TPSA) is 67.4 Å². The highest BCUT2D eigenvalue weighted by Gasteiger charge is 2.05. The van der Waals surface area contributed by atoms with Crippen LogP contribution < -0.4 is 10.6 Å². The van der Waals surface area contributed by atoms with E-state index in [1.54, 1.807) is 30.3 Å². The minimum absolute atomic E-state index is 0.165. The number of hydrogen-bond donors (Lipinski definition) is 2. The van der Waals surface area contributed by atoms with Crippen LogP contribution in [0.3, 0.4) is 0 Å². The molecule has 0 aromatic heterocycles. The van der Waals surface area contributed by atoms with Crippen molar-refractivity contribution in [3.05, 3.63) is 41.9 Å². The first-order valence-corrected chi connectivity index (χ1v) is 6.00. The van der Waals surface area contributed by atoms with Gasteiger partial charge in [-0.2, -0.15) is 0 Å². The van der Waals surface area contributed by atoms with Crippen LogP contribution in [0.5, 0.6) is 0 Å². The molecular weight excluding hydrogens is 268 g/mol. The van der Waals surface area contributed by atoms with Crippen LogP contribution >= 0.6 is 11.6 Å². The molecule has 0 fully saturated rings. The van der Waals surface area contributed by atoms with Crippen molar-refractivity contribution in [2.75, 3.05) is 25.1 Å². The Balaban J connectivity index is 2.22. The molecule has 0 aliphatic heterocycles. The monoisotopic (exact) mass is 282 g/mol. The Morgan fingerprint density at radius 1 is 1.21 bits per heavy atom. The number of ether oxygens (including phenoxy) is 1. The molecular formula is C13H15ClN2O3. The van der Waals surface area contributed by atoms with Crippen LogP contribution in [0.4, 0.5) is 5.69 Å². The molecule has 1 aromatic carbocycles. The first kappa shape index (κ1) is 15.2. The molecule has 0 bridgehead atoms. The maximum atomic E-state index is 11.5. The largest absolute Gasteiger partial charge is 0.362 e. The highest BCUT2D eigenvalue weighted by Crippen LogP contribution is 2.13. The molecule has 0 aliphatic rings. The fraction of sp³-hybridized carbons (Fsp3) is 0.231. The molecule has 0 radical (unpaired) electrons. The van der Waals surface area contributed by atoms with E-state index in [2.05, 4.69) is 17.2 Å². The van der Waals surface area contributed by atoms with Gasteiger partial charge in [0.1, 0.15) is 13.2 Å². The number of halogens is 1. The third-order valence-electron chi connectivity index (χ3n) is 2.04. The van der Waals surface area contributed by atoms with Gasteiger partial charge in [0.2, 0.25) is 11.8 Å². The van der Waals surface area contributed by atoms with E-state index in [9.17, 15) is 9.59 Å². The van der Waals surface area contributed by atoms with Gasteiger partial charge in [0.15, 0.2) is 0 Å². The van der Waals surface area contributed by atoms with Crippen LogP contribution in [0.25, 0.3) is 0 Å². The lowest BCUT2D eigenvalue weighted by Crippen LogP contribution is -2.29. The molecule has 0 unspecified atom stereocenters.